The summed E-state index contributed by atoms with van der Waals surface area (Å²) in [6.45, 7) is 10.6. The van der Waals surface area contributed by atoms with Gasteiger partial charge in [0, 0.05) is 62.5 Å². The van der Waals surface area contributed by atoms with Gasteiger partial charge in [0.05, 0.1) is 16.7 Å². The molecule has 2 aromatic carbocycles. The molecule has 0 spiro atoms. The third-order valence-electron chi connectivity index (χ3n) is 11.7. The van der Waals surface area contributed by atoms with Crippen molar-refractivity contribution in [2.75, 3.05) is 56.5 Å². The van der Waals surface area contributed by atoms with Gasteiger partial charge in [0.1, 0.15) is 18.0 Å². The van der Waals surface area contributed by atoms with Crippen molar-refractivity contribution in [1.29, 1.82) is 0 Å². The molecule has 53 heavy (non-hydrogen) atoms. The van der Waals surface area contributed by atoms with Gasteiger partial charge in [-0.1, -0.05) is 36.7 Å². The van der Waals surface area contributed by atoms with Gasteiger partial charge in [0.25, 0.3) is 5.91 Å². The van der Waals surface area contributed by atoms with Gasteiger partial charge in [-0.3, -0.25) is 9.69 Å². The number of aryl methyl sites for hydroxylation is 1. The number of carbonyl (C=O) groups excluding carboxylic acids is 1. The number of allylic oxidation sites excluding steroid dienone is 1. The summed E-state index contributed by atoms with van der Waals surface area (Å²) in [6.07, 6.45) is 9.44. The first kappa shape index (κ1) is 40.2. The van der Waals surface area contributed by atoms with E-state index in [1.165, 1.54) is 0 Å². The van der Waals surface area contributed by atoms with Crippen LogP contribution < -0.4 is 19.7 Å². The van der Waals surface area contributed by atoms with Gasteiger partial charge in [0.15, 0.2) is 11.1 Å². The van der Waals surface area contributed by atoms with Crippen molar-refractivity contribution < 1.29 is 31.4 Å². The van der Waals surface area contributed by atoms with E-state index in [-0.39, 0.29) is 35.1 Å². The molecule has 3 heterocycles. The molecule has 0 aromatic heterocycles. The minimum atomic E-state index is -4.00. The molecule has 292 valence electrons. The fourth-order valence-corrected chi connectivity index (χ4v) is 10.5. The molecule has 1 unspecified atom stereocenters. The molecular formula is C39H55ClN4O7S2. The first-order valence-corrected chi connectivity index (χ1v) is 22.3. The Morgan fingerprint density at radius 1 is 1.09 bits per heavy atom. The Morgan fingerprint density at radius 3 is 2.68 bits per heavy atom. The molecule has 2 fully saturated rings. The van der Waals surface area contributed by atoms with E-state index in [9.17, 15) is 22.0 Å². The number of nitrogens with zero attached hydrogens (tertiary/aromatic N) is 2. The second-order valence-corrected chi connectivity index (χ2v) is 18.7. The minimum Gasteiger partial charge on any atom is -0.487 e. The van der Waals surface area contributed by atoms with E-state index in [0.717, 1.165) is 62.0 Å². The molecule has 1 saturated carbocycles. The number of piperazine rings is 1. The lowest BCUT2D eigenvalue weighted by molar-refractivity contribution is -0.111. The van der Waals surface area contributed by atoms with Crippen molar-refractivity contribution in [3.8, 4) is 5.75 Å². The first-order chi connectivity index (χ1) is 25.4. The van der Waals surface area contributed by atoms with Gasteiger partial charge in [-0.15, -0.1) is 0 Å². The number of anilines is 1. The highest BCUT2D eigenvalue weighted by Gasteiger charge is 2.49. The second kappa shape index (κ2) is 17.5. The van der Waals surface area contributed by atoms with Crippen molar-refractivity contribution in [3.05, 3.63) is 70.3 Å². The first-order valence-electron chi connectivity index (χ1n) is 19.1. The van der Waals surface area contributed by atoms with Crippen LogP contribution in [-0.4, -0.2) is 96.5 Å². The van der Waals surface area contributed by atoms with Gasteiger partial charge < -0.3 is 24.2 Å². The van der Waals surface area contributed by atoms with Crippen LogP contribution in [0.3, 0.4) is 0 Å². The molecule has 1 aliphatic carbocycles. The van der Waals surface area contributed by atoms with E-state index in [1.54, 1.807) is 25.1 Å². The lowest BCUT2D eigenvalue weighted by atomic mass is 9.63. The Labute approximate surface area is 322 Å². The van der Waals surface area contributed by atoms with Gasteiger partial charge in [-0.05, 0) is 112 Å². The van der Waals surface area contributed by atoms with Crippen molar-refractivity contribution in [2.45, 2.75) is 82.8 Å². The predicted octanol–water partition coefficient (Wildman–Crippen LogP) is 5.40. The lowest BCUT2D eigenvalue weighted by Crippen LogP contribution is -2.60. The number of halogens is 1. The van der Waals surface area contributed by atoms with E-state index in [2.05, 4.69) is 32.0 Å². The van der Waals surface area contributed by atoms with Crippen LogP contribution in [0, 0.1) is 17.8 Å². The molecule has 11 nitrogen and oxygen atoms in total. The number of rotatable bonds is 6. The average Bonchev–Trinajstić information content (AvgIpc) is 3.12. The van der Waals surface area contributed by atoms with Crippen LogP contribution in [-0.2, 0) is 38.9 Å². The fourth-order valence-electron chi connectivity index (χ4n) is 8.49. The Balaban J connectivity index is 1.40. The van der Waals surface area contributed by atoms with Gasteiger partial charge in [-0.25, -0.2) is 17.3 Å². The molecule has 6 rings (SSSR count). The largest absolute Gasteiger partial charge is 0.487 e. The summed E-state index contributed by atoms with van der Waals surface area (Å²) < 4.78 is 64.3. The molecule has 7 atom stereocenters. The number of carbonyl (C=O) groups is 1. The van der Waals surface area contributed by atoms with Crippen molar-refractivity contribution in [2.24, 2.45) is 17.8 Å². The summed E-state index contributed by atoms with van der Waals surface area (Å²) in [5.74, 6) is 0.305. The number of ether oxygens (including phenoxy) is 2. The molecular weight excluding hydrogens is 736 g/mol. The zero-order valence-electron chi connectivity index (χ0n) is 31.1. The zero-order valence-corrected chi connectivity index (χ0v) is 33.5. The van der Waals surface area contributed by atoms with Gasteiger partial charge >= 0.3 is 0 Å². The van der Waals surface area contributed by atoms with E-state index < -0.39 is 37.9 Å². The number of sulfonamides is 1. The summed E-state index contributed by atoms with van der Waals surface area (Å²) >= 11 is 4.49. The number of hydrogen-bond acceptors (Lipinski definition) is 9. The summed E-state index contributed by atoms with van der Waals surface area (Å²) in [4.78, 5) is 18.3. The number of fused-ring (bicyclic) bond motifs is 3. The average molecular weight is 791 g/mol. The molecule has 3 aliphatic heterocycles. The summed E-state index contributed by atoms with van der Waals surface area (Å²) in [6, 6.07) is 11.0. The number of amides is 1. The number of benzene rings is 2. The Bertz CT molecular complexity index is 1780. The molecule has 1 amide bonds. The van der Waals surface area contributed by atoms with Crippen LogP contribution in [0.5, 0.6) is 5.75 Å². The minimum absolute atomic E-state index is 0.104. The zero-order chi connectivity index (χ0) is 37.8. The molecule has 4 aliphatic rings. The highest BCUT2D eigenvalue weighted by molar-refractivity contribution is 7.90. The Morgan fingerprint density at radius 2 is 1.92 bits per heavy atom. The Kier molecular flexibility index (Phi) is 13.3. The summed E-state index contributed by atoms with van der Waals surface area (Å²) in [5.41, 5.74) is 2.61. The maximum absolute atomic E-state index is 13.6. The maximum atomic E-state index is 13.6. The molecule has 3 N–H and O–H groups in total. The highest BCUT2D eigenvalue weighted by Crippen LogP contribution is 2.47. The van der Waals surface area contributed by atoms with E-state index in [4.69, 9.17) is 21.1 Å². The third kappa shape index (κ3) is 9.66. The third-order valence-corrected chi connectivity index (χ3v) is 14.6. The standard InChI is InChI=1S/C39H55ClN4O7S2/c1-4-51-39(26-43-19-17-41-34(23-43)25-52(46)47)16-7-8-27(2)28(3)53(48,49)42-38(45)30-12-15-37-36(21-30)44(22-31-11-14-35(31)39)18-6-5-9-29-20-33(40)13-10-32(29)24-50-37/h7,10,12-13,15-16,20-21,27-28,31,34-35,41H,4-6,8-9,11,14,17-19,22-26H2,1-3H3,(H,42,45)(H,46,47)/b16-7+/t27-,28+,31-,34-,35+,39-/m0/s1. The molecule has 14 heteroatoms. The SMILES string of the molecule is CCO[C@]1(CN2CCN[C@H](CS(=O)O)C2)/C=C/C[C@H](C)[C@@H](C)S(=O)(=O)NC(=O)c2ccc3c(c2)N(CCCCc2cc(Cl)ccc2CO3)C[C@@H]2CC[C@H]21. The molecule has 2 aromatic rings. The highest BCUT2D eigenvalue weighted by atomic mass is 35.5. The van der Waals surface area contributed by atoms with E-state index in [0.29, 0.717) is 56.6 Å². The quantitative estimate of drug-likeness (QED) is 0.258. The summed E-state index contributed by atoms with van der Waals surface area (Å²) in [7, 11) is -4.00. The Hall–Kier alpha value is -2.52. The molecule has 2 bridgehead atoms. The topological polar surface area (TPSA) is 138 Å². The maximum Gasteiger partial charge on any atom is 0.264 e. The number of nitrogens with one attached hydrogen (secondary N) is 2. The van der Waals surface area contributed by atoms with Crippen molar-refractivity contribution >= 4 is 44.3 Å². The molecule has 1 saturated heterocycles. The monoisotopic (exact) mass is 790 g/mol. The van der Waals surface area contributed by atoms with Crippen LogP contribution in [0.4, 0.5) is 5.69 Å². The predicted molar refractivity (Wildman–Crippen MR) is 211 cm³/mol. The van der Waals surface area contributed by atoms with Crippen LogP contribution in [0.25, 0.3) is 0 Å². The number of hydrogen-bond donors (Lipinski definition) is 3. The smallest absolute Gasteiger partial charge is 0.264 e. The summed E-state index contributed by atoms with van der Waals surface area (Å²) in [5, 5.41) is 3.26. The molecule has 0 radical (unpaired) electrons. The van der Waals surface area contributed by atoms with E-state index >= 15 is 0 Å². The van der Waals surface area contributed by atoms with E-state index in [1.807, 2.05) is 32.0 Å². The normalized spacial score (nSPS) is 31.0. The lowest BCUT2D eigenvalue weighted by Gasteiger charge is -2.52. The fraction of sp³-hybridized carbons (Fsp3) is 0.615. The second-order valence-electron chi connectivity index (χ2n) is 15.3. The van der Waals surface area contributed by atoms with Crippen LogP contribution in [0.2, 0.25) is 5.02 Å². The van der Waals surface area contributed by atoms with Gasteiger partial charge in [0.2, 0.25) is 10.0 Å². The van der Waals surface area contributed by atoms with Crippen molar-refractivity contribution in [1.82, 2.24) is 14.9 Å². The van der Waals surface area contributed by atoms with Crippen LogP contribution in [0.1, 0.15) is 74.4 Å². The van der Waals surface area contributed by atoms with Gasteiger partial charge in [-0.2, -0.15) is 0 Å². The van der Waals surface area contributed by atoms with Crippen molar-refractivity contribution in [3.63, 3.8) is 0 Å². The van der Waals surface area contributed by atoms with Crippen LogP contribution in [0.15, 0.2) is 48.6 Å². The van der Waals surface area contributed by atoms with Crippen LogP contribution >= 0.6 is 11.6 Å².